The standard InChI is InChI=1S/C22H25ClN2O4S/c1-14-4-5-20-17(11-14)13-29-22(26)25(20)18-6-8-24(9-7-18)30(27,28)21-16(3)10-15(2)12-19(21)23/h4-5,10-12,18H,6-9,13H2,1-3H3. The van der Waals surface area contributed by atoms with Crippen molar-refractivity contribution in [2.75, 3.05) is 18.0 Å². The molecule has 0 aromatic heterocycles. The Morgan fingerprint density at radius 2 is 1.73 bits per heavy atom. The molecule has 0 saturated carbocycles. The lowest BCUT2D eigenvalue weighted by Gasteiger charge is -2.40. The molecule has 8 heteroatoms. The van der Waals surface area contributed by atoms with Gasteiger partial charge in [-0.05, 0) is 56.9 Å². The van der Waals surface area contributed by atoms with Crippen molar-refractivity contribution in [1.82, 2.24) is 4.31 Å². The molecular weight excluding hydrogens is 424 g/mol. The minimum absolute atomic E-state index is 0.111. The molecule has 160 valence electrons. The van der Waals surface area contributed by atoms with Crippen LogP contribution in [0.2, 0.25) is 5.02 Å². The Morgan fingerprint density at radius 3 is 2.40 bits per heavy atom. The predicted molar refractivity (Wildman–Crippen MR) is 117 cm³/mol. The molecule has 1 fully saturated rings. The predicted octanol–water partition coefficient (Wildman–Crippen LogP) is 4.58. The number of cyclic esters (lactones) is 1. The van der Waals surface area contributed by atoms with Crippen LogP contribution in [0.3, 0.4) is 0 Å². The number of nitrogens with zero attached hydrogens (tertiary/aromatic N) is 2. The molecule has 1 amide bonds. The second-order valence-electron chi connectivity index (χ2n) is 8.08. The molecule has 0 unspecified atom stereocenters. The molecule has 1 saturated heterocycles. The zero-order chi connectivity index (χ0) is 21.6. The van der Waals surface area contributed by atoms with Gasteiger partial charge in [0.15, 0.2) is 0 Å². The van der Waals surface area contributed by atoms with Gasteiger partial charge in [-0.3, -0.25) is 4.90 Å². The topological polar surface area (TPSA) is 66.9 Å². The SMILES string of the molecule is Cc1cc(C)c(S(=O)(=O)N2CCC(N3C(=O)OCc4cc(C)ccc43)CC2)c(Cl)c1. The summed E-state index contributed by atoms with van der Waals surface area (Å²) in [6, 6.07) is 9.34. The number of anilines is 1. The maximum Gasteiger partial charge on any atom is 0.414 e. The number of hydrogen-bond acceptors (Lipinski definition) is 4. The van der Waals surface area contributed by atoms with Crippen LogP contribution in [-0.4, -0.2) is 37.9 Å². The zero-order valence-electron chi connectivity index (χ0n) is 17.3. The van der Waals surface area contributed by atoms with Crippen LogP contribution >= 0.6 is 11.6 Å². The van der Waals surface area contributed by atoms with Crippen LogP contribution in [0.1, 0.15) is 35.1 Å². The van der Waals surface area contributed by atoms with Crippen molar-refractivity contribution in [2.24, 2.45) is 0 Å². The van der Waals surface area contributed by atoms with E-state index in [0.29, 0.717) is 31.5 Å². The maximum atomic E-state index is 13.3. The van der Waals surface area contributed by atoms with Crippen LogP contribution in [0.15, 0.2) is 35.2 Å². The molecule has 2 aromatic carbocycles. The summed E-state index contributed by atoms with van der Waals surface area (Å²) in [5.74, 6) is 0. The second kappa shape index (κ2) is 7.87. The van der Waals surface area contributed by atoms with Crippen LogP contribution in [0, 0.1) is 20.8 Å². The summed E-state index contributed by atoms with van der Waals surface area (Å²) in [4.78, 5) is 14.4. The molecule has 30 heavy (non-hydrogen) atoms. The molecule has 0 spiro atoms. The van der Waals surface area contributed by atoms with Crippen molar-refractivity contribution in [3.05, 3.63) is 57.6 Å². The van der Waals surface area contributed by atoms with E-state index in [2.05, 4.69) is 0 Å². The van der Waals surface area contributed by atoms with Gasteiger partial charge in [-0.15, -0.1) is 0 Å². The van der Waals surface area contributed by atoms with E-state index in [-0.39, 0.29) is 28.7 Å². The summed E-state index contributed by atoms with van der Waals surface area (Å²) in [6.45, 7) is 6.57. The third kappa shape index (κ3) is 3.70. The lowest BCUT2D eigenvalue weighted by Crippen LogP contribution is -2.50. The quantitative estimate of drug-likeness (QED) is 0.689. The highest BCUT2D eigenvalue weighted by Crippen LogP contribution is 2.35. The van der Waals surface area contributed by atoms with Gasteiger partial charge in [0.1, 0.15) is 11.5 Å². The molecule has 6 nitrogen and oxygen atoms in total. The zero-order valence-corrected chi connectivity index (χ0v) is 18.9. The van der Waals surface area contributed by atoms with Gasteiger partial charge >= 0.3 is 6.09 Å². The van der Waals surface area contributed by atoms with Gasteiger partial charge < -0.3 is 4.74 Å². The largest absolute Gasteiger partial charge is 0.444 e. The molecule has 0 atom stereocenters. The number of piperidine rings is 1. The van der Waals surface area contributed by atoms with Gasteiger partial charge in [0, 0.05) is 24.7 Å². The van der Waals surface area contributed by atoms with Crippen molar-refractivity contribution in [1.29, 1.82) is 0 Å². The minimum Gasteiger partial charge on any atom is -0.444 e. The average Bonchev–Trinajstić information content (AvgIpc) is 2.67. The first-order valence-electron chi connectivity index (χ1n) is 10.0. The number of hydrogen-bond donors (Lipinski definition) is 0. The molecule has 0 radical (unpaired) electrons. The number of ether oxygens (including phenoxy) is 1. The van der Waals surface area contributed by atoms with Gasteiger partial charge in [0.05, 0.1) is 10.7 Å². The smallest absolute Gasteiger partial charge is 0.414 e. The van der Waals surface area contributed by atoms with Crippen LogP contribution in [0.4, 0.5) is 10.5 Å². The fourth-order valence-electron chi connectivity index (χ4n) is 4.42. The summed E-state index contributed by atoms with van der Waals surface area (Å²) in [7, 11) is -3.71. The fraction of sp³-hybridized carbons (Fsp3) is 0.409. The normalized spacial score (nSPS) is 18.3. The van der Waals surface area contributed by atoms with Gasteiger partial charge in [-0.2, -0.15) is 4.31 Å². The fourth-order valence-corrected chi connectivity index (χ4v) is 6.75. The van der Waals surface area contributed by atoms with Crippen molar-refractivity contribution < 1.29 is 17.9 Å². The number of fused-ring (bicyclic) bond motifs is 1. The van der Waals surface area contributed by atoms with Gasteiger partial charge in [0.2, 0.25) is 10.0 Å². The van der Waals surface area contributed by atoms with E-state index in [1.165, 1.54) is 4.31 Å². The van der Waals surface area contributed by atoms with E-state index in [1.807, 2.05) is 38.1 Å². The van der Waals surface area contributed by atoms with E-state index in [0.717, 1.165) is 22.4 Å². The molecular formula is C22H25ClN2O4S. The first kappa shape index (κ1) is 21.2. The molecule has 2 heterocycles. The number of carbonyl (C=O) groups excluding carboxylic acids is 1. The van der Waals surface area contributed by atoms with E-state index in [1.54, 1.807) is 17.9 Å². The monoisotopic (exact) mass is 448 g/mol. The average molecular weight is 449 g/mol. The number of aryl methyl sites for hydroxylation is 3. The number of halogens is 1. The number of rotatable bonds is 3. The first-order chi connectivity index (χ1) is 14.2. The van der Waals surface area contributed by atoms with Crippen LogP contribution in [0.5, 0.6) is 0 Å². The Hall–Kier alpha value is -2.09. The van der Waals surface area contributed by atoms with Gasteiger partial charge in [0.25, 0.3) is 0 Å². The van der Waals surface area contributed by atoms with Crippen molar-refractivity contribution in [3.63, 3.8) is 0 Å². The second-order valence-corrected chi connectivity index (χ2v) is 10.4. The third-order valence-corrected chi connectivity index (χ3v) is 8.32. The summed E-state index contributed by atoms with van der Waals surface area (Å²) in [6.07, 6.45) is 0.694. The highest BCUT2D eigenvalue weighted by molar-refractivity contribution is 7.89. The first-order valence-corrected chi connectivity index (χ1v) is 11.8. The molecule has 2 aliphatic heterocycles. The Morgan fingerprint density at radius 1 is 1.03 bits per heavy atom. The van der Waals surface area contributed by atoms with Crippen molar-refractivity contribution in [3.8, 4) is 0 Å². The molecule has 2 aliphatic rings. The number of carbonyl (C=O) groups is 1. The van der Waals surface area contributed by atoms with E-state index >= 15 is 0 Å². The lowest BCUT2D eigenvalue weighted by molar-refractivity contribution is 0.135. The Labute approximate surface area is 182 Å². The van der Waals surface area contributed by atoms with Crippen LogP contribution < -0.4 is 4.90 Å². The Balaban J connectivity index is 1.56. The molecule has 0 bridgehead atoms. The minimum atomic E-state index is -3.71. The van der Waals surface area contributed by atoms with Crippen molar-refractivity contribution in [2.45, 2.75) is 51.2 Å². The highest BCUT2D eigenvalue weighted by atomic mass is 35.5. The number of amides is 1. The molecule has 0 N–H and O–H groups in total. The Kier molecular flexibility index (Phi) is 5.55. The number of benzene rings is 2. The molecule has 2 aromatic rings. The van der Waals surface area contributed by atoms with Crippen LogP contribution in [-0.2, 0) is 21.4 Å². The third-order valence-electron chi connectivity index (χ3n) is 5.80. The highest BCUT2D eigenvalue weighted by Gasteiger charge is 2.38. The maximum absolute atomic E-state index is 13.3. The lowest BCUT2D eigenvalue weighted by atomic mass is 10.0. The molecule has 0 aliphatic carbocycles. The van der Waals surface area contributed by atoms with Gasteiger partial charge in [-0.25, -0.2) is 13.2 Å². The summed E-state index contributed by atoms with van der Waals surface area (Å²) in [5, 5.41) is 0.249. The van der Waals surface area contributed by atoms with Crippen molar-refractivity contribution >= 4 is 33.4 Å². The summed E-state index contributed by atoms with van der Waals surface area (Å²) < 4.78 is 33.4. The molecule has 4 rings (SSSR count). The van der Waals surface area contributed by atoms with E-state index < -0.39 is 10.0 Å². The summed E-state index contributed by atoms with van der Waals surface area (Å²) >= 11 is 6.30. The van der Waals surface area contributed by atoms with E-state index in [9.17, 15) is 13.2 Å². The van der Waals surface area contributed by atoms with Gasteiger partial charge in [-0.1, -0.05) is 35.4 Å². The van der Waals surface area contributed by atoms with E-state index in [4.69, 9.17) is 16.3 Å². The number of sulfonamides is 1. The van der Waals surface area contributed by atoms with Crippen LogP contribution in [0.25, 0.3) is 0 Å². The Bertz CT molecular complexity index is 1090. The summed E-state index contributed by atoms with van der Waals surface area (Å²) in [5.41, 5.74) is 4.51.